The normalized spacial score (nSPS) is 21.1. The van der Waals surface area contributed by atoms with Gasteiger partial charge in [0.1, 0.15) is 11.4 Å². The smallest absolute Gasteiger partial charge is 0.406 e. The van der Waals surface area contributed by atoms with Gasteiger partial charge in [-0.05, 0) is 41.7 Å². The molecule has 5 heteroatoms. The maximum absolute atomic E-state index is 12.3. The Bertz CT molecular complexity index is 667. The summed E-state index contributed by atoms with van der Waals surface area (Å²) in [7, 11) is 0. The minimum absolute atomic E-state index is 0.321. The molecule has 0 aromatic heterocycles. The summed E-state index contributed by atoms with van der Waals surface area (Å²) >= 11 is 0. The van der Waals surface area contributed by atoms with E-state index in [0.29, 0.717) is 18.4 Å². The molecule has 0 heterocycles. The lowest BCUT2D eigenvalue weighted by atomic mass is 9.88. The number of halogens is 3. The summed E-state index contributed by atoms with van der Waals surface area (Å²) in [6.07, 6.45) is -3.60. The van der Waals surface area contributed by atoms with Crippen LogP contribution in [0.15, 0.2) is 48.5 Å². The fourth-order valence-electron chi connectivity index (χ4n) is 2.84. The average Bonchev–Trinajstić information content (AvgIpc) is 2.77. The highest BCUT2D eigenvalue weighted by Gasteiger charge is 2.39. The predicted octanol–water partition coefficient (Wildman–Crippen LogP) is 3.77. The first-order chi connectivity index (χ1) is 9.88. The maximum Gasteiger partial charge on any atom is 0.573 e. The number of hydrogen-bond acceptors (Lipinski definition) is 2. The van der Waals surface area contributed by atoms with Crippen molar-refractivity contribution in [3.8, 4) is 5.75 Å². The zero-order valence-electron chi connectivity index (χ0n) is 11.0. The van der Waals surface area contributed by atoms with Crippen LogP contribution in [-0.2, 0) is 12.0 Å². The van der Waals surface area contributed by atoms with Crippen LogP contribution < -0.4 is 4.74 Å². The number of rotatable bonds is 2. The van der Waals surface area contributed by atoms with Crippen molar-refractivity contribution < 1.29 is 23.0 Å². The highest BCUT2D eigenvalue weighted by Crippen LogP contribution is 2.42. The standard InChI is InChI=1S/C16H13F3O2/c17-16(18,19)21-13-6-3-5-12(10-13)15(20)9-8-11-4-1-2-7-14(11)15/h1-7,10,20H,8-9H2. The summed E-state index contributed by atoms with van der Waals surface area (Å²) in [5.74, 6) is -0.321. The minimum Gasteiger partial charge on any atom is -0.406 e. The topological polar surface area (TPSA) is 29.5 Å². The second-order valence-electron chi connectivity index (χ2n) is 5.09. The van der Waals surface area contributed by atoms with E-state index in [4.69, 9.17) is 0 Å². The summed E-state index contributed by atoms with van der Waals surface area (Å²) in [6.45, 7) is 0. The molecule has 21 heavy (non-hydrogen) atoms. The Hall–Kier alpha value is -2.01. The monoisotopic (exact) mass is 294 g/mol. The van der Waals surface area contributed by atoms with E-state index >= 15 is 0 Å². The number of hydrogen-bond donors (Lipinski definition) is 1. The number of aliphatic hydroxyl groups is 1. The van der Waals surface area contributed by atoms with Crippen molar-refractivity contribution in [2.45, 2.75) is 24.8 Å². The number of fused-ring (bicyclic) bond motifs is 1. The van der Waals surface area contributed by atoms with E-state index in [-0.39, 0.29) is 5.75 Å². The van der Waals surface area contributed by atoms with Crippen molar-refractivity contribution in [1.29, 1.82) is 0 Å². The molecular formula is C16H13F3O2. The number of ether oxygens (including phenoxy) is 1. The van der Waals surface area contributed by atoms with Gasteiger partial charge in [0.25, 0.3) is 0 Å². The van der Waals surface area contributed by atoms with E-state index in [9.17, 15) is 18.3 Å². The van der Waals surface area contributed by atoms with Gasteiger partial charge in [0, 0.05) is 0 Å². The molecule has 2 aromatic carbocycles. The summed E-state index contributed by atoms with van der Waals surface area (Å²) in [4.78, 5) is 0. The van der Waals surface area contributed by atoms with Crippen molar-refractivity contribution in [3.05, 3.63) is 65.2 Å². The first-order valence-corrected chi connectivity index (χ1v) is 6.55. The second-order valence-corrected chi connectivity index (χ2v) is 5.09. The van der Waals surface area contributed by atoms with E-state index in [1.165, 1.54) is 18.2 Å². The second kappa shape index (κ2) is 4.77. The molecule has 1 atom stereocenters. The molecule has 1 unspecified atom stereocenters. The van der Waals surface area contributed by atoms with Crippen molar-refractivity contribution in [1.82, 2.24) is 0 Å². The zero-order valence-corrected chi connectivity index (χ0v) is 11.0. The van der Waals surface area contributed by atoms with Gasteiger partial charge in [0.2, 0.25) is 0 Å². The molecule has 0 aliphatic heterocycles. The van der Waals surface area contributed by atoms with Gasteiger partial charge in [-0.25, -0.2) is 0 Å². The van der Waals surface area contributed by atoms with Crippen molar-refractivity contribution >= 4 is 0 Å². The maximum atomic E-state index is 12.3. The van der Waals surface area contributed by atoms with Crippen LogP contribution in [0.25, 0.3) is 0 Å². The van der Waals surface area contributed by atoms with Gasteiger partial charge in [-0.3, -0.25) is 0 Å². The van der Waals surface area contributed by atoms with Crippen LogP contribution in [0, 0.1) is 0 Å². The number of alkyl halides is 3. The lowest BCUT2D eigenvalue weighted by molar-refractivity contribution is -0.274. The Kier molecular flexibility index (Phi) is 3.17. The fourth-order valence-corrected chi connectivity index (χ4v) is 2.84. The van der Waals surface area contributed by atoms with Crippen molar-refractivity contribution in [2.24, 2.45) is 0 Å². The molecule has 1 aliphatic carbocycles. The quantitative estimate of drug-likeness (QED) is 0.913. The van der Waals surface area contributed by atoms with Gasteiger partial charge in [-0.15, -0.1) is 13.2 Å². The van der Waals surface area contributed by atoms with Crippen molar-refractivity contribution in [2.75, 3.05) is 0 Å². The first-order valence-electron chi connectivity index (χ1n) is 6.55. The minimum atomic E-state index is -4.74. The largest absolute Gasteiger partial charge is 0.573 e. The summed E-state index contributed by atoms with van der Waals surface area (Å²) in [5, 5.41) is 10.9. The molecule has 2 aromatic rings. The predicted molar refractivity (Wildman–Crippen MR) is 70.9 cm³/mol. The third kappa shape index (κ3) is 2.61. The van der Waals surface area contributed by atoms with E-state index < -0.39 is 12.0 Å². The Morgan fingerprint density at radius 1 is 1.05 bits per heavy atom. The Morgan fingerprint density at radius 2 is 1.81 bits per heavy atom. The number of benzene rings is 2. The fraction of sp³-hybridized carbons (Fsp3) is 0.250. The van der Waals surface area contributed by atoms with Crippen LogP contribution in [-0.4, -0.2) is 11.5 Å². The van der Waals surface area contributed by atoms with Gasteiger partial charge in [0.05, 0.1) is 0 Å². The summed E-state index contributed by atoms with van der Waals surface area (Å²) < 4.78 is 40.8. The van der Waals surface area contributed by atoms with Gasteiger partial charge >= 0.3 is 6.36 Å². The SMILES string of the molecule is OC1(c2cccc(OC(F)(F)F)c2)CCc2ccccc21. The van der Waals surface area contributed by atoms with E-state index in [0.717, 1.165) is 11.1 Å². The van der Waals surface area contributed by atoms with Gasteiger partial charge in [-0.1, -0.05) is 36.4 Å². The zero-order chi connectivity index (χ0) is 15.1. The molecule has 110 valence electrons. The molecule has 3 rings (SSSR count). The number of aryl methyl sites for hydroxylation is 1. The highest BCUT2D eigenvalue weighted by atomic mass is 19.4. The van der Waals surface area contributed by atoms with Crippen LogP contribution in [0.3, 0.4) is 0 Å². The molecule has 1 N–H and O–H groups in total. The van der Waals surface area contributed by atoms with Crippen LogP contribution in [0.1, 0.15) is 23.1 Å². The Morgan fingerprint density at radius 3 is 2.57 bits per heavy atom. The molecule has 0 spiro atoms. The molecule has 0 saturated heterocycles. The summed E-state index contributed by atoms with van der Waals surface area (Å²) in [6, 6.07) is 13.0. The van der Waals surface area contributed by atoms with Gasteiger partial charge in [0.15, 0.2) is 0 Å². The molecule has 0 bridgehead atoms. The molecule has 0 radical (unpaired) electrons. The Balaban J connectivity index is 2.00. The van der Waals surface area contributed by atoms with E-state index in [1.807, 2.05) is 18.2 Å². The molecule has 0 amide bonds. The van der Waals surface area contributed by atoms with Crippen LogP contribution in [0.2, 0.25) is 0 Å². The van der Waals surface area contributed by atoms with Crippen molar-refractivity contribution in [3.63, 3.8) is 0 Å². The molecule has 0 fully saturated rings. The van der Waals surface area contributed by atoms with Crippen LogP contribution in [0.5, 0.6) is 5.75 Å². The lowest BCUT2D eigenvalue weighted by Crippen LogP contribution is -2.24. The Labute approximate surface area is 119 Å². The average molecular weight is 294 g/mol. The van der Waals surface area contributed by atoms with Crippen LogP contribution in [0.4, 0.5) is 13.2 Å². The summed E-state index contributed by atoms with van der Waals surface area (Å²) in [5.41, 5.74) is 0.909. The highest BCUT2D eigenvalue weighted by molar-refractivity contribution is 5.46. The molecule has 1 aliphatic rings. The lowest BCUT2D eigenvalue weighted by Gasteiger charge is -2.25. The van der Waals surface area contributed by atoms with E-state index in [2.05, 4.69) is 4.74 Å². The third-order valence-electron chi connectivity index (χ3n) is 3.76. The molecule has 0 saturated carbocycles. The molecular weight excluding hydrogens is 281 g/mol. The van der Waals surface area contributed by atoms with Gasteiger partial charge in [-0.2, -0.15) is 0 Å². The van der Waals surface area contributed by atoms with Crippen LogP contribution >= 0.6 is 0 Å². The third-order valence-corrected chi connectivity index (χ3v) is 3.76. The van der Waals surface area contributed by atoms with E-state index in [1.54, 1.807) is 12.1 Å². The molecule has 2 nitrogen and oxygen atoms in total. The van der Waals surface area contributed by atoms with Gasteiger partial charge < -0.3 is 9.84 Å². The first kappa shape index (κ1) is 13.9.